The fraction of sp³-hybridized carbons (Fsp3) is 0.176. The normalized spacial score (nSPS) is 16.3. The van der Waals surface area contributed by atoms with Crippen LogP contribution in [-0.2, 0) is 0 Å². The van der Waals surface area contributed by atoms with Gasteiger partial charge in [0.1, 0.15) is 28.9 Å². The third-order valence-corrected chi connectivity index (χ3v) is 3.68. The summed E-state index contributed by atoms with van der Waals surface area (Å²) in [5.41, 5.74) is 6.45. The second-order valence-corrected chi connectivity index (χ2v) is 5.12. The quantitative estimate of drug-likeness (QED) is 0.912. The molecule has 1 aromatic carbocycles. The van der Waals surface area contributed by atoms with Gasteiger partial charge < -0.3 is 19.6 Å². The molecule has 0 amide bonds. The Labute approximate surface area is 132 Å². The van der Waals surface area contributed by atoms with Crippen LogP contribution in [0.25, 0.3) is 0 Å². The summed E-state index contributed by atoms with van der Waals surface area (Å²) < 4.78 is 15.8. The van der Waals surface area contributed by atoms with Crippen LogP contribution in [0.4, 0.5) is 0 Å². The molecule has 23 heavy (non-hydrogen) atoms. The Morgan fingerprint density at radius 1 is 1.35 bits per heavy atom. The molecule has 1 atom stereocenters. The van der Waals surface area contributed by atoms with Crippen molar-refractivity contribution in [1.82, 2.24) is 0 Å². The zero-order chi connectivity index (χ0) is 16.6. The predicted molar refractivity (Wildman–Crippen MR) is 82.0 cm³/mol. The predicted octanol–water partition coefficient (Wildman–Crippen LogP) is 2.17. The highest BCUT2D eigenvalue weighted by Gasteiger charge is 2.34. The zero-order valence-corrected chi connectivity index (χ0v) is 12.6. The van der Waals surface area contributed by atoms with Crippen LogP contribution in [0.2, 0.25) is 0 Å². The first-order chi connectivity index (χ1) is 11.0. The largest absolute Gasteiger partial charge is 0.497 e. The topological polar surface area (TPSA) is 98.5 Å². The molecule has 0 bridgehead atoms. The number of aryl methyl sites for hydroxylation is 1. The summed E-state index contributed by atoms with van der Waals surface area (Å²) in [5, 5.41) is 9.46. The first-order valence-electron chi connectivity index (χ1n) is 6.91. The Morgan fingerprint density at radius 3 is 2.83 bits per heavy atom. The number of allylic oxidation sites excluding steroid dienone is 1. The van der Waals surface area contributed by atoms with Crippen LogP contribution in [0.15, 0.2) is 51.0 Å². The van der Waals surface area contributed by atoms with Gasteiger partial charge in [0.05, 0.1) is 18.6 Å². The van der Waals surface area contributed by atoms with Crippen molar-refractivity contribution in [3.63, 3.8) is 0 Å². The molecule has 0 fully saturated rings. The molecule has 6 heteroatoms. The standard InChI is InChI=1S/C17H14N2O4/c1-9-6-13-15(17(20)22-9)14(12(8-18)16(19)23-13)10-4-3-5-11(7-10)21-2/h3-7,14H,19H2,1-2H3. The van der Waals surface area contributed by atoms with Crippen molar-refractivity contribution in [2.45, 2.75) is 12.8 Å². The Balaban J connectivity index is 2.29. The first kappa shape index (κ1) is 14.7. The van der Waals surface area contributed by atoms with Gasteiger partial charge in [0.2, 0.25) is 5.88 Å². The van der Waals surface area contributed by atoms with E-state index in [4.69, 9.17) is 19.6 Å². The molecule has 1 aliphatic rings. The average Bonchev–Trinajstić information content (AvgIpc) is 2.53. The second-order valence-electron chi connectivity index (χ2n) is 5.12. The molecule has 1 unspecified atom stereocenters. The lowest BCUT2D eigenvalue weighted by molar-refractivity contribution is 0.371. The number of hydrogen-bond acceptors (Lipinski definition) is 6. The van der Waals surface area contributed by atoms with E-state index in [9.17, 15) is 10.1 Å². The molecule has 2 aromatic rings. The first-order valence-corrected chi connectivity index (χ1v) is 6.91. The van der Waals surface area contributed by atoms with Gasteiger partial charge in [-0.15, -0.1) is 0 Å². The van der Waals surface area contributed by atoms with E-state index in [2.05, 4.69) is 0 Å². The van der Waals surface area contributed by atoms with Crippen LogP contribution >= 0.6 is 0 Å². The van der Waals surface area contributed by atoms with Crippen LogP contribution in [0, 0.1) is 18.3 Å². The molecule has 1 aromatic heterocycles. The molecule has 0 radical (unpaired) electrons. The van der Waals surface area contributed by atoms with Crippen LogP contribution in [-0.4, -0.2) is 7.11 Å². The highest BCUT2D eigenvalue weighted by Crippen LogP contribution is 2.41. The van der Waals surface area contributed by atoms with Gasteiger partial charge in [-0.3, -0.25) is 0 Å². The number of benzene rings is 1. The second kappa shape index (κ2) is 5.54. The molecular formula is C17H14N2O4. The average molecular weight is 310 g/mol. The summed E-state index contributed by atoms with van der Waals surface area (Å²) in [6.45, 7) is 1.64. The Kier molecular flexibility index (Phi) is 3.54. The van der Waals surface area contributed by atoms with Gasteiger partial charge in [0, 0.05) is 6.07 Å². The maximum Gasteiger partial charge on any atom is 0.343 e. The number of rotatable bonds is 2. The monoisotopic (exact) mass is 310 g/mol. The number of nitrogens with zero attached hydrogens (tertiary/aromatic N) is 1. The van der Waals surface area contributed by atoms with E-state index in [1.54, 1.807) is 44.4 Å². The summed E-state index contributed by atoms with van der Waals surface area (Å²) >= 11 is 0. The lowest BCUT2D eigenvalue weighted by Gasteiger charge is -2.25. The Bertz CT molecular complexity index is 906. The highest BCUT2D eigenvalue weighted by molar-refractivity contribution is 5.55. The number of nitriles is 1. The van der Waals surface area contributed by atoms with Gasteiger partial charge in [-0.05, 0) is 24.6 Å². The van der Waals surface area contributed by atoms with Crippen molar-refractivity contribution >= 4 is 0 Å². The maximum atomic E-state index is 12.3. The van der Waals surface area contributed by atoms with Crippen LogP contribution in [0.3, 0.4) is 0 Å². The van der Waals surface area contributed by atoms with E-state index in [-0.39, 0.29) is 17.0 Å². The van der Waals surface area contributed by atoms with Crippen molar-refractivity contribution in [2.75, 3.05) is 7.11 Å². The van der Waals surface area contributed by atoms with Gasteiger partial charge in [0.25, 0.3) is 0 Å². The van der Waals surface area contributed by atoms with Crippen molar-refractivity contribution in [2.24, 2.45) is 5.73 Å². The van der Waals surface area contributed by atoms with Gasteiger partial charge in [-0.2, -0.15) is 5.26 Å². The van der Waals surface area contributed by atoms with Crippen molar-refractivity contribution in [3.8, 4) is 17.6 Å². The highest BCUT2D eigenvalue weighted by atomic mass is 16.5. The summed E-state index contributed by atoms with van der Waals surface area (Å²) in [7, 11) is 1.55. The smallest absolute Gasteiger partial charge is 0.343 e. The van der Waals surface area contributed by atoms with E-state index in [1.807, 2.05) is 6.07 Å². The van der Waals surface area contributed by atoms with Crippen molar-refractivity contribution in [3.05, 3.63) is 69.1 Å². The molecule has 3 rings (SSSR count). The van der Waals surface area contributed by atoms with E-state index < -0.39 is 11.5 Å². The Hall–Kier alpha value is -3.20. The van der Waals surface area contributed by atoms with Gasteiger partial charge in [-0.1, -0.05) is 12.1 Å². The summed E-state index contributed by atoms with van der Waals surface area (Å²) in [6.07, 6.45) is 0. The van der Waals surface area contributed by atoms with Crippen LogP contribution in [0.5, 0.6) is 11.5 Å². The molecule has 1 aliphatic heterocycles. The van der Waals surface area contributed by atoms with Crippen molar-refractivity contribution < 1.29 is 13.9 Å². The third-order valence-electron chi connectivity index (χ3n) is 3.68. The molecule has 0 saturated carbocycles. The molecule has 0 spiro atoms. The molecule has 2 N–H and O–H groups in total. The maximum absolute atomic E-state index is 12.3. The van der Waals surface area contributed by atoms with Gasteiger partial charge in [-0.25, -0.2) is 4.79 Å². The molecular weight excluding hydrogens is 296 g/mol. The fourth-order valence-electron chi connectivity index (χ4n) is 2.67. The lowest BCUT2D eigenvalue weighted by atomic mass is 9.84. The van der Waals surface area contributed by atoms with Crippen molar-refractivity contribution in [1.29, 1.82) is 5.26 Å². The van der Waals surface area contributed by atoms with Gasteiger partial charge >= 0.3 is 5.63 Å². The van der Waals surface area contributed by atoms with E-state index in [0.29, 0.717) is 22.8 Å². The molecule has 0 aliphatic carbocycles. The molecule has 0 saturated heterocycles. The van der Waals surface area contributed by atoms with Gasteiger partial charge in [0.15, 0.2) is 0 Å². The number of fused-ring (bicyclic) bond motifs is 1. The number of hydrogen-bond donors (Lipinski definition) is 1. The number of ether oxygens (including phenoxy) is 2. The molecule has 2 heterocycles. The summed E-state index contributed by atoms with van der Waals surface area (Å²) in [4.78, 5) is 12.3. The lowest BCUT2D eigenvalue weighted by Crippen LogP contribution is -2.26. The minimum absolute atomic E-state index is 0.0159. The minimum atomic E-state index is -0.657. The third kappa shape index (κ3) is 2.42. The minimum Gasteiger partial charge on any atom is -0.497 e. The molecule has 6 nitrogen and oxygen atoms in total. The van der Waals surface area contributed by atoms with E-state index >= 15 is 0 Å². The fourth-order valence-corrected chi connectivity index (χ4v) is 2.67. The Morgan fingerprint density at radius 2 is 2.13 bits per heavy atom. The summed E-state index contributed by atoms with van der Waals surface area (Å²) in [5.74, 6) is 0.658. The number of nitrogens with two attached hydrogens (primary N) is 1. The summed E-state index contributed by atoms with van der Waals surface area (Å²) in [6, 6.07) is 10.7. The SMILES string of the molecule is COc1cccc(C2C(C#N)=C(N)Oc3cc(C)oc(=O)c32)c1. The van der Waals surface area contributed by atoms with E-state index in [1.165, 1.54) is 0 Å². The molecule has 116 valence electrons. The van der Waals surface area contributed by atoms with E-state index in [0.717, 1.165) is 0 Å². The zero-order valence-electron chi connectivity index (χ0n) is 12.6. The number of methoxy groups -OCH3 is 1. The van der Waals surface area contributed by atoms with Crippen LogP contribution < -0.4 is 20.8 Å². The van der Waals surface area contributed by atoms with Crippen LogP contribution in [0.1, 0.15) is 22.8 Å².